The van der Waals surface area contributed by atoms with Gasteiger partial charge < -0.3 is 15.3 Å². The van der Waals surface area contributed by atoms with Gasteiger partial charge in [0.05, 0.1) is 5.52 Å². The number of nitrogens with one attached hydrogen (secondary N) is 1. The zero-order chi connectivity index (χ0) is 21.3. The lowest BCUT2D eigenvalue weighted by Crippen LogP contribution is -2.29. The summed E-state index contributed by atoms with van der Waals surface area (Å²) >= 11 is 0. The van der Waals surface area contributed by atoms with Crippen LogP contribution in [0.5, 0.6) is 5.75 Å². The number of carbonyl (C=O) groups is 1. The molecular formula is C24H21N3O3. The van der Waals surface area contributed by atoms with Crippen LogP contribution in [0.25, 0.3) is 16.6 Å². The zero-order valence-electron chi connectivity index (χ0n) is 16.7. The third kappa shape index (κ3) is 3.39. The minimum Gasteiger partial charge on any atom is -0.506 e. The van der Waals surface area contributed by atoms with E-state index in [4.69, 9.17) is 0 Å². The Morgan fingerprint density at radius 3 is 2.20 bits per heavy atom. The van der Waals surface area contributed by atoms with Crippen LogP contribution >= 0.6 is 0 Å². The van der Waals surface area contributed by atoms with Crippen molar-refractivity contribution in [3.05, 3.63) is 94.8 Å². The number of rotatable bonds is 4. The molecule has 6 heteroatoms. The highest BCUT2D eigenvalue weighted by Crippen LogP contribution is 2.28. The number of hydrogen-bond donors (Lipinski definition) is 2. The number of anilines is 2. The molecule has 0 spiro atoms. The molecule has 0 saturated carbocycles. The number of hydrogen-bond acceptors (Lipinski definition) is 4. The van der Waals surface area contributed by atoms with Crippen LogP contribution in [0.1, 0.15) is 10.4 Å². The maximum absolute atomic E-state index is 13.3. The number of pyridine rings is 1. The second-order valence-electron chi connectivity index (χ2n) is 7.11. The van der Waals surface area contributed by atoms with Crippen molar-refractivity contribution in [3.8, 4) is 11.4 Å². The van der Waals surface area contributed by atoms with Crippen LogP contribution in [0.15, 0.2) is 83.7 Å². The lowest BCUT2D eigenvalue weighted by Gasteiger charge is -2.16. The maximum Gasteiger partial charge on any atom is 0.272 e. The van der Waals surface area contributed by atoms with Gasteiger partial charge in [-0.15, -0.1) is 0 Å². The van der Waals surface area contributed by atoms with Gasteiger partial charge in [-0.2, -0.15) is 0 Å². The first kappa shape index (κ1) is 19.3. The Morgan fingerprint density at radius 1 is 0.900 bits per heavy atom. The second-order valence-corrected chi connectivity index (χ2v) is 7.11. The number of aromatic nitrogens is 1. The van der Waals surface area contributed by atoms with E-state index in [2.05, 4.69) is 5.32 Å². The molecule has 1 aromatic heterocycles. The van der Waals surface area contributed by atoms with Crippen LogP contribution < -0.4 is 15.8 Å². The lowest BCUT2D eigenvalue weighted by molar-refractivity contribution is 0.102. The largest absolute Gasteiger partial charge is 0.506 e. The van der Waals surface area contributed by atoms with Crippen LogP contribution in [0.3, 0.4) is 0 Å². The Kier molecular flexibility index (Phi) is 4.98. The normalized spacial score (nSPS) is 10.7. The van der Waals surface area contributed by atoms with Gasteiger partial charge in [-0.1, -0.05) is 30.3 Å². The van der Waals surface area contributed by atoms with Crippen LogP contribution in [0.2, 0.25) is 0 Å². The molecule has 0 aliphatic rings. The summed E-state index contributed by atoms with van der Waals surface area (Å²) in [5, 5.41) is 13.9. The van der Waals surface area contributed by atoms with Crippen LogP contribution in [-0.4, -0.2) is 29.7 Å². The third-order valence-electron chi connectivity index (χ3n) is 4.94. The minimum atomic E-state index is -0.662. The summed E-state index contributed by atoms with van der Waals surface area (Å²) in [6.45, 7) is 0. The van der Waals surface area contributed by atoms with Crippen molar-refractivity contribution in [1.29, 1.82) is 0 Å². The van der Waals surface area contributed by atoms with E-state index in [0.29, 0.717) is 22.3 Å². The molecule has 0 saturated heterocycles. The molecule has 4 aromatic rings. The molecule has 0 unspecified atom stereocenters. The molecule has 0 aliphatic heterocycles. The third-order valence-corrected chi connectivity index (χ3v) is 4.94. The highest BCUT2D eigenvalue weighted by Gasteiger charge is 2.23. The van der Waals surface area contributed by atoms with Crippen molar-refractivity contribution < 1.29 is 9.90 Å². The number of amides is 1. The molecular weight excluding hydrogens is 378 g/mol. The van der Waals surface area contributed by atoms with Gasteiger partial charge in [0, 0.05) is 36.5 Å². The molecule has 3 aromatic carbocycles. The van der Waals surface area contributed by atoms with Gasteiger partial charge in [0.2, 0.25) is 0 Å². The van der Waals surface area contributed by atoms with Gasteiger partial charge in [-0.25, -0.2) is 0 Å². The van der Waals surface area contributed by atoms with E-state index in [-0.39, 0.29) is 11.3 Å². The quantitative estimate of drug-likeness (QED) is 0.544. The topological polar surface area (TPSA) is 74.6 Å². The van der Waals surface area contributed by atoms with E-state index in [1.807, 2.05) is 49.3 Å². The first-order chi connectivity index (χ1) is 14.5. The van der Waals surface area contributed by atoms with E-state index >= 15 is 0 Å². The van der Waals surface area contributed by atoms with Gasteiger partial charge in [-0.3, -0.25) is 14.2 Å². The fourth-order valence-electron chi connectivity index (χ4n) is 3.40. The van der Waals surface area contributed by atoms with Crippen LogP contribution in [0, 0.1) is 0 Å². The van der Waals surface area contributed by atoms with Crippen LogP contribution in [-0.2, 0) is 0 Å². The molecule has 150 valence electrons. The Balaban J connectivity index is 1.84. The molecule has 0 bridgehead atoms. The van der Waals surface area contributed by atoms with Crippen molar-refractivity contribution in [3.63, 3.8) is 0 Å². The summed E-state index contributed by atoms with van der Waals surface area (Å²) in [6, 6.07) is 23.2. The molecule has 1 amide bonds. The maximum atomic E-state index is 13.3. The Bertz CT molecular complexity index is 1280. The molecule has 0 fully saturated rings. The summed E-state index contributed by atoms with van der Waals surface area (Å²) in [5.41, 5.74) is 1.77. The highest BCUT2D eigenvalue weighted by molar-refractivity contribution is 6.09. The van der Waals surface area contributed by atoms with E-state index in [1.165, 1.54) is 4.57 Å². The van der Waals surface area contributed by atoms with Crippen LogP contribution in [0.4, 0.5) is 11.4 Å². The average Bonchev–Trinajstić information content (AvgIpc) is 2.75. The van der Waals surface area contributed by atoms with Crippen molar-refractivity contribution >= 4 is 28.2 Å². The van der Waals surface area contributed by atoms with E-state index < -0.39 is 11.5 Å². The van der Waals surface area contributed by atoms with Gasteiger partial charge in [0.25, 0.3) is 11.5 Å². The predicted molar refractivity (Wildman–Crippen MR) is 120 cm³/mol. The summed E-state index contributed by atoms with van der Waals surface area (Å²) in [4.78, 5) is 28.3. The summed E-state index contributed by atoms with van der Waals surface area (Å²) in [7, 11) is 3.85. The van der Waals surface area contributed by atoms with Gasteiger partial charge in [0.15, 0.2) is 0 Å². The fraction of sp³-hybridized carbons (Fsp3) is 0.0833. The molecule has 6 nitrogen and oxygen atoms in total. The van der Waals surface area contributed by atoms with E-state index in [1.54, 1.807) is 48.5 Å². The first-order valence-electron chi connectivity index (χ1n) is 9.48. The molecule has 2 N–H and O–H groups in total. The SMILES string of the molecule is CN(C)c1ccc(NC(=O)c2c(O)c3ccccc3n(-c3ccccc3)c2=O)cc1. The van der Waals surface area contributed by atoms with E-state index in [0.717, 1.165) is 5.69 Å². The monoisotopic (exact) mass is 399 g/mol. The number of benzene rings is 3. The summed E-state index contributed by atoms with van der Waals surface area (Å²) in [5.74, 6) is -0.990. The molecule has 1 heterocycles. The van der Waals surface area contributed by atoms with Gasteiger partial charge >= 0.3 is 0 Å². The fourth-order valence-corrected chi connectivity index (χ4v) is 3.40. The molecule has 30 heavy (non-hydrogen) atoms. The standard InChI is InChI=1S/C24H21N3O3/c1-26(2)17-14-12-16(13-15-17)25-23(29)21-22(28)19-10-6-7-11-20(19)27(24(21)30)18-8-4-3-5-9-18/h3-15,28H,1-2H3,(H,25,29). The molecule has 0 aliphatic carbocycles. The number of carbonyl (C=O) groups excluding carboxylic acids is 1. The van der Waals surface area contributed by atoms with Crippen molar-refractivity contribution in [1.82, 2.24) is 4.57 Å². The first-order valence-corrected chi connectivity index (χ1v) is 9.48. The van der Waals surface area contributed by atoms with E-state index in [9.17, 15) is 14.7 Å². The van der Waals surface area contributed by atoms with Crippen molar-refractivity contribution in [2.75, 3.05) is 24.3 Å². The number of aromatic hydroxyl groups is 1. The van der Waals surface area contributed by atoms with Crippen molar-refractivity contribution in [2.45, 2.75) is 0 Å². The lowest BCUT2D eigenvalue weighted by atomic mass is 10.1. The molecule has 4 rings (SSSR count). The Labute approximate surface area is 173 Å². The van der Waals surface area contributed by atoms with Crippen molar-refractivity contribution in [2.24, 2.45) is 0 Å². The van der Waals surface area contributed by atoms with Gasteiger partial charge in [0.1, 0.15) is 11.3 Å². The smallest absolute Gasteiger partial charge is 0.272 e. The number of fused-ring (bicyclic) bond motifs is 1. The number of para-hydroxylation sites is 2. The highest BCUT2D eigenvalue weighted by atomic mass is 16.3. The zero-order valence-corrected chi connectivity index (χ0v) is 16.7. The summed E-state index contributed by atoms with van der Waals surface area (Å²) in [6.07, 6.45) is 0. The average molecular weight is 399 g/mol. The Morgan fingerprint density at radius 2 is 1.53 bits per heavy atom. The molecule has 0 atom stereocenters. The number of nitrogens with zero attached hydrogens (tertiary/aromatic N) is 2. The predicted octanol–water partition coefficient (Wildman–Crippen LogP) is 4.01. The minimum absolute atomic E-state index is 0.297. The molecule has 0 radical (unpaired) electrons. The Hall–Kier alpha value is -4.06. The summed E-state index contributed by atoms with van der Waals surface area (Å²) < 4.78 is 1.44. The second kappa shape index (κ2) is 7.75. The van der Waals surface area contributed by atoms with Gasteiger partial charge in [-0.05, 0) is 48.5 Å².